The molecule has 2 aliphatic rings. The quantitative estimate of drug-likeness (QED) is 0.601. The van der Waals surface area contributed by atoms with Crippen LogP contribution in [0.1, 0.15) is 59.7 Å². The van der Waals surface area contributed by atoms with Gasteiger partial charge in [-0.3, -0.25) is 19.3 Å². The van der Waals surface area contributed by atoms with Crippen LogP contribution in [0.15, 0.2) is 36.9 Å². The summed E-state index contributed by atoms with van der Waals surface area (Å²) in [6, 6.07) is 4.18. The summed E-state index contributed by atoms with van der Waals surface area (Å²) in [7, 11) is 0. The topological polar surface area (TPSA) is 95.0 Å². The van der Waals surface area contributed by atoms with Gasteiger partial charge in [0.25, 0.3) is 11.8 Å². The van der Waals surface area contributed by atoms with E-state index in [2.05, 4.69) is 6.58 Å². The summed E-state index contributed by atoms with van der Waals surface area (Å²) < 4.78 is 0. The molecule has 7 nitrogen and oxygen atoms in total. The number of carbonyl (C=O) groups excluding carboxylic acids is 3. The molecule has 1 aromatic rings. The molecule has 7 heteroatoms. The molecule has 3 rings (SSSR count). The maximum atomic E-state index is 13.4. The van der Waals surface area contributed by atoms with Gasteiger partial charge in [0.15, 0.2) is 0 Å². The molecule has 28 heavy (non-hydrogen) atoms. The van der Waals surface area contributed by atoms with Gasteiger partial charge in [-0.2, -0.15) is 0 Å². The Morgan fingerprint density at radius 3 is 2.32 bits per heavy atom. The number of imide groups is 1. The molecule has 3 atom stereocenters. The first-order valence-corrected chi connectivity index (χ1v) is 9.55. The molecule has 0 radical (unpaired) electrons. The van der Waals surface area contributed by atoms with Crippen LogP contribution in [0.4, 0.5) is 0 Å². The van der Waals surface area contributed by atoms with Crippen LogP contribution in [-0.4, -0.2) is 56.7 Å². The number of benzene rings is 1. The van der Waals surface area contributed by atoms with Crippen molar-refractivity contribution in [1.82, 2.24) is 9.80 Å². The van der Waals surface area contributed by atoms with Crippen LogP contribution < -0.4 is 0 Å². The molecule has 0 bridgehead atoms. The molecular formula is C21H24N2O5. The summed E-state index contributed by atoms with van der Waals surface area (Å²) in [5, 5.41) is 9.65. The zero-order valence-electron chi connectivity index (χ0n) is 15.8. The fraction of sp³-hybridized carbons (Fsp3) is 0.429. The molecule has 0 unspecified atom stereocenters. The number of aliphatic carboxylic acids is 1. The Morgan fingerprint density at radius 2 is 1.82 bits per heavy atom. The monoisotopic (exact) mass is 384 g/mol. The number of carboxylic acid groups (broad SMARTS) is 1. The van der Waals surface area contributed by atoms with Gasteiger partial charge in [0.2, 0.25) is 5.91 Å². The second kappa shape index (κ2) is 7.96. The van der Waals surface area contributed by atoms with Gasteiger partial charge < -0.3 is 10.0 Å². The van der Waals surface area contributed by atoms with Crippen LogP contribution >= 0.6 is 0 Å². The lowest BCUT2D eigenvalue weighted by Gasteiger charge is -2.37. The highest BCUT2D eigenvalue weighted by molar-refractivity contribution is 6.22. The van der Waals surface area contributed by atoms with Crippen molar-refractivity contribution in [3.63, 3.8) is 0 Å². The van der Waals surface area contributed by atoms with Gasteiger partial charge >= 0.3 is 5.97 Å². The van der Waals surface area contributed by atoms with E-state index >= 15 is 0 Å². The Hall–Kier alpha value is -2.96. The molecule has 3 amide bonds. The number of hydrogen-bond donors (Lipinski definition) is 1. The van der Waals surface area contributed by atoms with Crippen LogP contribution in [0.3, 0.4) is 0 Å². The summed E-state index contributed by atoms with van der Waals surface area (Å²) in [5.41, 5.74) is 0.563. The van der Waals surface area contributed by atoms with E-state index in [1.54, 1.807) is 37.3 Å². The predicted octanol–water partition coefficient (Wildman–Crippen LogP) is 2.47. The van der Waals surface area contributed by atoms with Crippen LogP contribution in [-0.2, 0) is 9.59 Å². The van der Waals surface area contributed by atoms with Crippen LogP contribution in [0.5, 0.6) is 0 Å². The number of carboxylic acids is 1. The van der Waals surface area contributed by atoms with Crippen molar-refractivity contribution in [2.75, 3.05) is 0 Å². The molecule has 1 saturated heterocycles. The zero-order chi connectivity index (χ0) is 20.4. The van der Waals surface area contributed by atoms with E-state index in [1.165, 1.54) is 4.90 Å². The number of carbonyl (C=O) groups is 4. The van der Waals surface area contributed by atoms with E-state index in [-0.39, 0.29) is 23.6 Å². The molecule has 1 fully saturated rings. The smallest absolute Gasteiger partial charge is 0.326 e. The SMILES string of the molecule is C=CC[C@H]1CCC[C@H](N2C(=O)c3ccccc3C2=O)C(=O)N1[C@@H](CC)C(=O)O. The molecule has 148 valence electrons. The third kappa shape index (κ3) is 3.21. The van der Waals surface area contributed by atoms with Crippen LogP contribution in [0.2, 0.25) is 0 Å². The van der Waals surface area contributed by atoms with E-state index in [0.717, 1.165) is 4.90 Å². The average Bonchev–Trinajstić information content (AvgIpc) is 2.82. The Labute approximate surface area is 163 Å². The van der Waals surface area contributed by atoms with Crippen molar-refractivity contribution < 1.29 is 24.3 Å². The van der Waals surface area contributed by atoms with E-state index in [4.69, 9.17) is 0 Å². The van der Waals surface area contributed by atoms with Crippen LogP contribution in [0.25, 0.3) is 0 Å². The second-order valence-electron chi connectivity index (χ2n) is 7.16. The predicted molar refractivity (Wildman–Crippen MR) is 102 cm³/mol. The second-order valence-corrected chi connectivity index (χ2v) is 7.16. The normalized spacial score (nSPS) is 23.4. The van der Waals surface area contributed by atoms with Gasteiger partial charge in [0, 0.05) is 6.04 Å². The Bertz CT molecular complexity index is 799. The lowest BCUT2D eigenvalue weighted by atomic mass is 10.0. The maximum absolute atomic E-state index is 13.4. The van der Waals surface area contributed by atoms with E-state index in [9.17, 15) is 24.3 Å². The van der Waals surface area contributed by atoms with Crippen molar-refractivity contribution in [2.45, 2.75) is 57.2 Å². The number of amides is 3. The molecule has 2 heterocycles. The Balaban J connectivity index is 2.00. The molecule has 2 aliphatic heterocycles. The van der Waals surface area contributed by atoms with E-state index in [0.29, 0.717) is 25.7 Å². The summed E-state index contributed by atoms with van der Waals surface area (Å²) in [6.07, 6.45) is 3.90. The van der Waals surface area contributed by atoms with Gasteiger partial charge in [-0.25, -0.2) is 4.79 Å². The lowest BCUT2D eigenvalue weighted by Crippen LogP contribution is -2.56. The fourth-order valence-corrected chi connectivity index (χ4v) is 4.21. The molecule has 0 saturated carbocycles. The highest BCUT2D eigenvalue weighted by atomic mass is 16.4. The number of rotatable bonds is 6. The standard InChI is InChI=1S/C21H24N2O5/c1-3-8-13-9-7-12-17(20(26)22(13)16(4-2)21(27)28)23-18(24)14-10-5-6-11-15(14)19(23)25/h3,5-6,10-11,13,16-17H,1,4,7-9,12H2,2H3,(H,27,28)/t13-,16-,17-/m0/s1. The van der Waals surface area contributed by atoms with Gasteiger partial charge in [-0.15, -0.1) is 6.58 Å². The fourth-order valence-electron chi connectivity index (χ4n) is 4.21. The minimum absolute atomic E-state index is 0.240. The zero-order valence-corrected chi connectivity index (χ0v) is 15.8. The first kappa shape index (κ1) is 19.8. The largest absolute Gasteiger partial charge is 0.480 e. The number of fused-ring (bicyclic) bond motifs is 1. The van der Waals surface area contributed by atoms with Crippen molar-refractivity contribution in [3.8, 4) is 0 Å². The number of hydrogen-bond acceptors (Lipinski definition) is 4. The Kier molecular flexibility index (Phi) is 5.63. The van der Waals surface area contributed by atoms with Crippen molar-refractivity contribution in [3.05, 3.63) is 48.0 Å². The third-order valence-corrected chi connectivity index (χ3v) is 5.53. The summed E-state index contributed by atoms with van der Waals surface area (Å²) in [4.78, 5) is 53.3. The Morgan fingerprint density at radius 1 is 1.21 bits per heavy atom. The van der Waals surface area contributed by atoms with Gasteiger partial charge in [0.1, 0.15) is 12.1 Å². The van der Waals surface area contributed by atoms with Crippen molar-refractivity contribution >= 4 is 23.7 Å². The van der Waals surface area contributed by atoms with Crippen molar-refractivity contribution in [1.29, 1.82) is 0 Å². The number of likely N-dealkylation sites (tertiary alicyclic amines) is 1. The van der Waals surface area contributed by atoms with E-state index in [1.807, 2.05) is 0 Å². The average molecular weight is 384 g/mol. The third-order valence-electron chi connectivity index (χ3n) is 5.53. The summed E-state index contributed by atoms with van der Waals surface area (Å²) in [6.45, 7) is 5.43. The highest BCUT2D eigenvalue weighted by Crippen LogP contribution is 2.31. The van der Waals surface area contributed by atoms with Gasteiger partial charge in [-0.05, 0) is 44.2 Å². The molecule has 0 spiro atoms. The van der Waals surface area contributed by atoms with Crippen molar-refractivity contribution in [2.24, 2.45) is 0 Å². The molecule has 1 N–H and O–H groups in total. The lowest BCUT2D eigenvalue weighted by molar-refractivity contribution is -0.154. The minimum Gasteiger partial charge on any atom is -0.480 e. The number of nitrogens with zero attached hydrogens (tertiary/aromatic N) is 2. The van der Waals surface area contributed by atoms with Gasteiger partial charge in [0.05, 0.1) is 11.1 Å². The van der Waals surface area contributed by atoms with Gasteiger partial charge in [-0.1, -0.05) is 25.1 Å². The highest BCUT2D eigenvalue weighted by Gasteiger charge is 2.47. The first-order chi connectivity index (χ1) is 13.4. The summed E-state index contributed by atoms with van der Waals surface area (Å²) >= 11 is 0. The molecule has 0 aliphatic carbocycles. The first-order valence-electron chi connectivity index (χ1n) is 9.55. The van der Waals surface area contributed by atoms with E-state index < -0.39 is 35.8 Å². The minimum atomic E-state index is -1.09. The maximum Gasteiger partial charge on any atom is 0.326 e. The molecular weight excluding hydrogens is 360 g/mol. The molecule has 0 aromatic heterocycles. The summed E-state index contributed by atoms with van der Waals surface area (Å²) in [5.74, 6) is -2.56. The molecule has 1 aromatic carbocycles. The van der Waals surface area contributed by atoms with Crippen LogP contribution in [0, 0.1) is 0 Å².